The van der Waals surface area contributed by atoms with Gasteiger partial charge < -0.3 is 10.3 Å². The molecular formula is C18H15FN4OS. The molecule has 5 nitrogen and oxygen atoms in total. The van der Waals surface area contributed by atoms with Gasteiger partial charge in [-0.15, -0.1) is 0 Å². The standard InChI is InChI=1S/C18H15FN4OS/c19-15-7-5-12(6-8-15)10-20-18(25)23-21-11-14-9-13-3-1-2-4-16(13)22-17(14)24/h1-9,11H,10H2,(H,22,24)(H2,20,23,25)/b21-11+. The molecule has 0 saturated heterocycles. The number of nitrogens with zero attached hydrogens (tertiary/aromatic N) is 1. The Morgan fingerprint density at radius 1 is 1.20 bits per heavy atom. The fraction of sp³-hybridized carbons (Fsp3) is 0.0556. The fourth-order valence-corrected chi connectivity index (χ4v) is 2.37. The molecule has 25 heavy (non-hydrogen) atoms. The van der Waals surface area contributed by atoms with Gasteiger partial charge in [-0.05, 0) is 47.4 Å². The van der Waals surface area contributed by atoms with Crippen molar-refractivity contribution in [2.45, 2.75) is 6.54 Å². The van der Waals surface area contributed by atoms with E-state index < -0.39 is 0 Å². The van der Waals surface area contributed by atoms with Crippen molar-refractivity contribution >= 4 is 34.4 Å². The summed E-state index contributed by atoms with van der Waals surface area (Å²) in [6.07, 6.45) is 1.41. The topological polar surface area (TPSA) is 69.3 Å². The van der Waals surface area contributed by atoms with Crippen molar-refractivity contribution in [2.24, 2.45) is 5.10 Å². The van der Waals surface area contributed by atoms with E-state index >= 15 is 0 Å². The van der Waals surface area contributed by atoms with Crippen molar-refractivity contribution in [1.29, 1.82) is 0 Å². The van der Waals surface area contributed by atoms with Crippen LogP contribution in [0.2, 0.25) is 0 Å². The lowest BCUT2D eigenvalue weighted by atomic mass is 10.2. The van der Waals surface area contributed by atoms with Crippen LogP contribution in [0.5, 0.6) is 0 Å². The van der Waals surface area contributed by atoms with E-state index in [4.69, 9.17) is 12.2 Å². The number of halogens is 1. The molecule has 0 saturated carbocycles. The van der Waals surface area contributed by atoms with Gasteiger partial charge in [0.2, 0.25) is 0 Å². The molecule has 0 atom stereocenters. The largest absolute Gasteiger partial charge is 0.357 e. The van der Waals surface area contributed by atoms with Gasteiger partial charge in [0.1, 0.15) is 5.82 Å². The van der Waals surface area contributed by atoms with E-state index in [-0.39, 0.29) is 11.4 Å². The second kappa shape index (κ2) is 7.67. The lowest BCUT2D eigenvalue weighted by Gasteiger charge is -2.06. The first-order valence-corrected chi connectivity index (χ1v) is 7.96. The number of nitrogens with one attached hydrogen (secondary N) is 3. The zero-order chi connectivity index (χ0) is 17.6. The number of aromatic amines is 1. The number of benzene rings is 2. The quantitative estimate of drug-likeness (QED) is 0.383. The highest BCUT2D eigenvalue weighted by atomic mass is 32.1. The highest BCUT2D eigenvalue weighted by molar-refractivity contribution is 7.80. The number of hydrazone groups is 1. The summed E-state index contributed by atoms with van der Waals surface area (Å²) >= 11 is 5.11. The summed E-state index contributed by atoms with van der Waals surface area (Å²) in [5.74, 6) is -0.283. The Bertz CT molecular complexity index is 982. The average Bonchev–Trinajstić information content (AvgIpc) is 2.61. The lowest BCUT2D eigenvalue weighted by molar-refractivity contribution is 0.626. The van der Waals surface area contributed by atoms with Crippen LogP contribution in [0.3, 0.4) is 0 Å². The number of H-pyrrole nitrogens is 1. The van der Waals surface area contributed by atoms with Crippen LogP contribution < -0.4 is 16.3 Å². The Hall–Kier alpha value is -3.06. The summed E-state index contributed by atoms with van der Waals surface area (Å²) in [5, 5.41) is 8.14. The molecule has 0 fully saturated rings. The minimum absolute atomic E-state index is 0.227. The SMILES string of the molecule is O=c1[nH]c2ccccc2cc1/C=N/NC(=S)NCc1ccc(F)cc1. The summed E-state index contributed by atoms with van der Waals surface area (Å²) in [4.78, 5) is 14.8. The van der Waals surface area contributed by atoms with Crippen LogP contribution in [0.25, 0.3) is 10.9 Å². The van der Waals surface area contributed by atoms with E-state index in [1.54, 1.807) is 18.2 Å². The maximum atomic E-state index is 12.8. The molecule has 1 heterocycles. The third-order valence-corrected chi connectivity index (χ3v) is 3.75. The lowest BCUT2D eigenvalue weighted by Crippen LogP contribution is -2.31. The van der Waals surface area contributed by atoms with Crippen LogP contribution in [0.4, 0.5) is 4.39 Å². The van der Waals surface area contributed by atoms with Crippen LogP contribution in [0.15, 0.2) is 64.5 Å². The van der Waals surface area contributed by atoms with E-state index in [1.807, 2.05) is 24.3 Å². The van der Waals surface area contributed by atoms with Gasteiger partial charge in [0.05, 0.1) is 11.8 Å². The van der Waals surface area contributed by atoms with Crippen molar-refractivity contribution in [3.8, 4) is 0 Å². The second-order valence-electron chi connectivity index (χ2n) is 5.32. The monoisotopic (exact) mass is 354 g/mol. The van der Waals surface area contributed by atoms with Gasteiger partial charge in [-0.1, -0.05) is 30.3 Å². The molecule has 7 heteroatoms. The summed E-state index contributed by atoms with van der Waals surface area (Å²) in [7, 11) is 0. The fourth-order valence-electron chi connectivity index (χ4n) is 2.24. The molecule has 1 aromatic heterocycles. The van der Waals surface area contributed by atoms with E-state index in [0.717, 1.165) is 16.5 Å². The van der Waals surface area contributed by atoms with Crippen LogP contribution in [-0.2, 0) is 6.54 Å². The third-order valence-electron chi connectivity index (χ3n) is 3.52. The normalized spacial score (nSPS) is 10.9. The molecule has 2 aromatic carbocycles. The number of fused-ring (bicyclic) bond motifs is 1. The van der Waals surface area contributed by atoms with Gasteiger partial charge in [0, 0.05) is 12.1 Å². The van der Waals surface area contributed by atoms with Gasteiger partial charge in [0.25, 0.3) is 5.56 Å². The molecule has 0 aliphatic rings. The number of hydrogen-bond donors (Lipinski definition) is 3. The maximum Gasteiger partial charge on any atom is 0.257 e. The van der Waals surface area contributed by atoms with Crippen molar-refractivity contribution in [1.82, 2.24) is 15.7 Å². The molecule has 0 aliphatic heterocycles. The zero-order valence-corrected chi connectivity index (χ0v) is 13.9. The maximum absolute atomic E-state index is 12.8. The first kappa shape index (κ1) is 16.8. The molecule has 126 valence electrons. The molecule has 3 rings (SSSR count). The zero-order valence-electron chi connectivity index (χ0n) is 13.1. The van der Waals surface area contributed by atoms with Crippen LogP contribution in [0, 0.1) is 5.82 Å². The second-order valence-corrected chi connectivity index (χ2v) is 5.73. The minimum atomic E-state index is -0.283. The Kier molecular flexibility index (Phi) is 5.15. The highest BCUT2D eigenvalue weighted by Gasteiger charge is 2.00. The van der Waals surface area contributed by atoms with Gasteiger partial charge in [-0.25, -0.2) is 4.39 Å². The van der Waals surface area contributed by atoms with Crippen molar-refractivity contribution < 1.29 is 4.39 Å². The first-order chi connectivity index (χ1) is 12.1. The predicted octanol–water partition coefficient (Wildman–Crippen LogP) is 2.67. The third kappa shape index (κ3) is 4.48. The number of hydrogen-bond acceptors (Lipinski definition) is 3. The highest BCUT2D eigenvalue weighted by Crippen LogP contribution is 2.08. The van der Waals surface area contributed by atoms with Crippen molar-refractivity contribution in [3.63, 3.8) is 0 Å². The number of pyridine rings is 1. The van der Waals surface area contributed by atoms with Gasteiger partial charge in [0.15, 0.2) is 5.11 Å². The van der Waals surface area contributed by atoms with Gasteiger partial charge >= 0.3 is 0 Å². The molecule has 0 spiro atoms. The van der Waals surface area contributed by atoms with Crippen molar-refractivity contribution in [2.75, 3.05) is 0 Å². The molecule has 3 N–H and O–H groups in total. The number of aromatic nitrogens is 1. The molecular weight excluding hydrogens is 339 g/mol. The Labute approximate surface area is 148 Å². The number of para-hydroxylation sites is 1. The smallest absolute Gasteiger partial charge is 0.257 e. The van der Waals surface area contributed by atoms with Crippen LogP contribution in [0.1, 0.15) is 11.1 Å². The summed E-state index contributed by atoms with van der Waals surface area (Å²) in [5.41, 5.74) is 4.51. The average molecular weight is 354 g/mol. The minimum Gasteiger partial charge on any atom is -0.357 e. The molecule has 0 radical (unpaired) electrons. The van der Waals surface area contributed by atoms with E-state index in [1.165, 1.54) is 18.3 Å². The Balaban J connectivity index is 1.59. The summed E-state index contributed by atoms with van der Waals surface area (Å²) in [6, 6.07) is 15.4. The van der Waals surface area contributed by atoms with E-state index in [9.17, 15) is 9.18 Å². The first-order valence-electron chi connectivity index (χ1n) is 7.55. The number of rotatable bonds is 4. The molecule has 0 aliphatic carbocycles. The molecule has 0 bridgehead atoms. The van der Waals surface area contributed by atoms with Crippen LogP contribution >= 0.6 is 12.2 Å². The predicted molar refractivity (Wildman–Crippen MR) is 101 cm³/mol. The van der Waals surface area contributed by atoms with E-state index in [0.29, 0.717) is 17.2 Å². The Morgan fingerprint density at radius 3 is 2.76 bits per heavy atom. The molecule has 0 amide bonds. The molecule has 0 unspecified atom stereocenters. The summed E-state index contributed by atoms with van der Waals surface area (Å²) < 4.78 is 12.8. The molecule has 3 aromatic rings. The van der Waals surface area contributed by atoms with Gasteiger partial charge in [-0.2, -0.15) is 5.10 Å². The van der Waals surface area contributed by atoms with Crippen LogP contribution in [-0.4, -0.2) is 16.3 Å². The van der Waals surface area contributed by atoms with E-state index in [2.05, 4.69) is 20.8 Å². The Morgan fingerprint density at radius 2 is 1.96 bits per heavy atom. The summed E-state index contributed by atoms with van der Waals surface area (Å²) in [6.45, 7) is 0.443. The number of thiocarbonyl (C=S) groups is 1. The van der Waals surface area contributed by atoms with Crippen molar-refractivity contribution in [3.05, 3.63) is 81.9 Å². The van der Waals surface area contributed by atoms with Gasteiger partial charge in [-0.3, -0.25) is 10.2 Å².